The van der Waals surface area contributed by atoms with E-state index in [2.05, 4.69) is 21.0 Å². The van der Waals surface area contributed by atoms with Crippen LogP contribution in [0.4, 0.5) is 5.82 Å². The van der Waals surface area contributed by atoms with Gasteiger partial charge in [-0.3, -0.25) is 9.48 Å². The number of aryl methyl sites for hydroxylation is 1. The number of methoxy groups -OCH3 is 2. The zero-order chi connectivity index (χ0) is 14.9. The van der Waals surface area contributed by atoms with E-state index in [1.807, 2.05) is 0 Å². The van der Waals surface area contributed by atoms with Crippen LogP contribution >= 0.6 is 15.9 Å². The van der Waals surface area contributed by atoms with Crippen LogP contribution in [-0.2, 0) is 7.05 Å². The highest BCUT2D eigenvalue weighted by Gasteiger charge is 2.21. The summed E-state index contributed by atoms with van der Waals surface area (Å²) in [5.74, 6) is 1.30. The molecule has 0 fully saturated rings. The fourth-order valence-electron chi connectivity index (χ4n) is 1.99. The van der Waals surface area contributed by atoms with E-state index >= 15 is 0 Å². The predicted octanol–water partition coefficient (Wildman–Crippen LogP) is 2.26. The van der Waals surface area contributed by atoms with Crippen molar-refractivity contribution in [1.29, 1.82) is 0 Å². The van der Waals surface area contributed by atoms with E-state index in [9.17, 15) is 4.79 Å². The molecule has 0 radical (unpaired) electrons. The van der Waals surface area contributed by atoms with E-state index in [-0.39, 0.29) is 0 Å². The van der Waals surface area contributed by atoms with Gasteiger partial charge in [0.25, 0.3) is 0 Å². The maximum atomic E-state index is 11.2. The zero-order valence-corrected chi connectivity index (χ0v) is 12.9. The molecule has 0 saturated carbocycles. The lowest BCUT2D eigenvalue weighted by Gasteiger charge is -2.15. The molecular weight excluding hydrogens is 326 g/mol. The van der Waals surface area contributed by atoms with Gasteiger partial charge in [0.05, 0.1) is 26.0 Å². The van der Waals surface area contributed by atoms with Crippen LogP contribution in [-0.4, -0.2) is 30.3 Å². The monoisotopic (exact) mass is 339 g/mol. The van der Waals surface area contributed by atoms with E-state index in [0.717, 1.165) is 0 Å². The second-order valence-electron chi connectivity index (χ2n) is 4.07. The molecule has 0 aliphatic rings. The van der Waals surface area contributed by atoms with Gasteiger partial charge in [-0.2, -0.15) is 5.10 Å². The molecule has 1 aromatic carbocycles. The number of aromatic nitrogens is 2. The van der Waals surface area contributed by atoms with Crippen LogP contribution in [0.2, 0.25) is 0 Å². The molecule has 0 spiro atoms. The first kappa shape index (κ1) is 14.4. The second-order valence-corrected chi connectivity index (χ2v) is 4.93. The molecule has 2 rings (SSSR count). The third-order valence-electron chi connectivity index (χ3n) is 3.02. The molecule has 2 aromatic rings. The number of aldehydes is 1. The van der Waals surface area contributed by atoms with Crippen molar-refractivity contribution in [3.05, 3.63) is 22.3 Å². The van der Waals surface area contributed by atoms with Crippen molar-refractivity contribution in [2.45, 2.75) is 0 Å². The number of nitrogen functional groups attached to an aromatic ring is 1. The van der Waals surface area contributed by atoms with E-state index in [0.29, 0.717) is 44.8 Å². The normalized spacial score (nSPS) is 10.4. The van der Waals surface area contributed by atoms with Crippen LogP contribution < -0.4 is 15.2 Å². The molecule has 0 amide bonds. The number of hydrogen-bond donors (Lipinski definition) is 1. The molecule has 0 atom stereocenters. The van der Waals surface area contributed by atoms with Crippen LogP contribution in [0.15, 0.2) is 16.7 Å². The third-order valence-corrected chi connectivity index (χ3v) is 3.68. The van der Waals surface area contributed by atoms with Gasteiger partial charge in [0, 0.05) is 22.6 Å². The number of hydrogen-bond acceptors (Lipinski definition) is 5. The Labute approximate surface area is 124 Å². The van der Waals surface area contributed by atoms with E-state index in [1.165, 1.54) is 14.2 Å². The van der Waals surface area contributed by atoms with Crippen LogP contribution in [0, 0.1) is 0 Å². The average molecular weight is 340 g/mol. The minimum atomic E-state index is 0.357. The Morgan fingerprint density at radius 2 is 1.95 bits per heavy atom. The third kappa shape index (κ3) is 2.14. The average Bonchev–Trinajstić information content (AvgIpc) is 2.77. The number of benzene rings is 1. The Morgan fingerprint density at radius 3 is 2.40 bits per heavy atom. The van der Waals surface area contributed by atoms with Crippen molar-refractivity contribution in [1.82, 2.24) is 9.78 Å². The zero-order valence-electron chi connectivity index (χ0n) is 11.3. The van der Waals surface area contributed by atoms with Gasteiger partial charge in [-0.15, -0.1) is 0 Å². The number of nitrogens with zero attached hydrogens (tertiary/aromatic N) is 2. The van der Waals surface area contributed by atoms with Crippen LogP contribution in [0.3, 0.4) is 0 Å². The molecule has 0 aliphatic carbocycles. The Morgan fingerprint density at radius 1 is 1.30 bits per heavy atom. The number of nitrogens with two attached hydrogens (primary N) is 1. The molecule has 6 nitrogen and oxygen atoms in total. The number of carbonyl (C=O) groups excluding carboxylic acids is 1. The van der Waals surface area contributed by atoms with E-state index in [4.69, 9.17) is 15.2 Å². The minimum Gasteiger partial charge on any atom is -0.492 e. The maximum absolute atomic E-state index is 11.2. The molecule has 1 heterocycles. The number of halogens is 1. The molecule has 20 heavy (non-hydrogen) atoms. The summed E-state index contributed by atoms with van der Waals surface area (Å²) in [7, 11) is 4.74. The topological polar surface area (TPSA) is 79.4 Å². The first-order valence-corrected chi connectivity index (χ1v) is 6.51. The van der Waals surface area contributed by atoms with Gasteiger partial charge in [-0.25, -0.2) is 0 Å². The number of ether oxygens (including phenoxy) is 2. The molecule has 0 bridgehead atoms. The van der Waals surface area contributed by atoms with Gasteiger partial charge in [-0.1, -0.05) is 0 Å². The predicted molar refractivity (Wildman–Crippen MR) is 79.2 cm³/mol. The summed E-state index contributed by atoms with van der Waals surface area (Å²) < 4.78 is 12.8. The Balaban J connectivity index is 2.80. The van der Waals surface area contributed by atoms with Crippen LogP contribution in [0.5, 0.6) is 11.5 Å². The molecule has 7 heteroatoms. The Kier molecular flexibility index (Phi) is 3.99. The lowest BCUT2D eigenvalue weighted by Crippen LogP contribution is -2.01. The summed E-state index contributed by atoms with van der Waals surface area (Å²) >= 11 is 3.36. The highest BCUT2D eigenvalue weighted by molar-refractivity contribution is 9.10. The maximum Gasteiger partial charge on any atom is 0.173 e. The SMILES string of the molecule is COc1c(-c2cnn(C)c2N)cc(Br)c(C=O)c1OC. The van der Waals surface area contributed by atoms with Gasteiger partial charge >= 0.3 is 0 Å². The molecular formula is C13H14BrN3O3. The quantitative estimate of drug-likeness (QED) is 0.864. The fraction of sp³-hybridized carbons (Fsp3) is 0.231. The van der Waals surface area contributed by atoms with Gasteiger partial charge < -0.3 is 15.2 Å². The smallest absolute Gasteiger partial charge is 0.173 e. The molecule has 2 N–H and O–H groups in total. The number of rotatable bonds is 4. The standard InChI is InChI=1S/C13H14BrN3O3/c1-17-13(15)8(5-16-17)7-4-10(14)9(6-18)12(20-3)11(7)19-2/h4-6H,15H2,1-3H3. The Bertz CT molecular complexity index is 667. The van der Waals surface area contributed by atoms with Crippen molar-refractivity contribution >= 4 is 28.0 Å². The van der Waals surface area contributed by atoms with E-state index in [1.54, 1.807) is 24.0 Å². The largest absolute Gasteiger partial charge is 0.492 e. The highest BCUT2D eigenvalue weighted by Crippen LogP contribution is 2.44. The van der Waals surface area contributed by atoms with Crippen molar-refractivity contribution in [3.8, 4) is 22.6 Å². The second kappa shape index (κ2) is 5.54. The summed E-state index contributed by atoms with van der Waals surface area (Å²) in [6.07, 6.45) is 2.35. The number of carbonyl (C=O) groups is 1. The van der Waals surface area contributed by atoms with Crippen molar-refractivity contribution in [2.75, 3.05) is 20.0 Å². The van der Waals surface area contributed by atoms with Crippen molar-refractivity contribution < 1.29 is 14.3 Å². The van der Waals surface area contributed by atoms with E-state index < -0.39 is 0 Å². The van der Waals surface area contributed by atoms with Crippen LogP contribution in [0.1, 0.15) is 10.4 Å². The first-order chi connectivity index (χ1) is 9.54. The fourth-order valence-corrected chi connectivity index (χ4v) is 2.50. The highest BCUT2D eigenvalue weighted by atomic mass is 79.9. The summed E-state index contributed by atoms with van der Waals surface area (Å²) in [5.41, 5.74) is 7.78. The van der Waals surface area contributed by atoms with Crippen LogP contribution in [0.25, 0.3) is 11.1 Å². The summed E-state index contributed by atoms with van der Waals surface area (Å²) in [4.78, 5) is 11.2. The molecule has 1 aromatic heterocycles. The molecule has 0 saturated heterocycles. The van der Waals surface area contributed by atoms with Gasteiger partial charge in [0.1, 0.15) is 5.82 Å². The molecule has 0 aliphatic heterocycles. The van der Waals surface area contributed by atoms with Gasteiger partial charge in [0.2, 0.25) is 0 Å². The first-order valence-electron chi connectivity index (χ1n) is 5.72. The van der Waals surface area contributed by atoms with Gasteiger partial charge in [-0.05, 0) is 22.0 Å². The molecule has 106 valence electrons. The molecule has 0 unspecified atom stereocenters. The Hall–Kier alpha value is -2.02. The summed E-state index contributed by atoms with van der Waals surface area (Å²) in [5, 5.41) is 4.11. The summed E-state index contributed by atoms with van der Waals surface area (Å²) in [6, 6.07) is 1.76. The van der Waals surface area contributed by atoms with Gasteiger partial charge in [0.15, 0.2) is 17.8 Å². The lowest BCUT2D eigenvalue weighted by molar-refractivity contribution is 0.111. The lowest BCUT2D eigenvalue weighted by atomic mass is 10.0. The van der Waals surface area contributed by atoms with Crippen molar-refractivity contribution in [2.24, 2.45) is 7.05 Å². The van der Waals surface area contributed by atoms with Crippen molar-refractivity contribution in [3.63, 3.8) is 0 Å². The summed E-state index contributed by atoms with van der Waals surface area (Å²) in [6.45, 7) is 0. The minimum absolute atomic E-state index is 0.357. The number of anilines is 1.